The number of anilines is 1. The summed E-state index contributed by atoms with van der Waals surface area (Å²) in [7, 11) is 1.65. The molecule has 5 rings (SSSR count). The highest BCUT2D eigenvalue weighted by molar-refractivity contribution is 8.00. The number of nitrogens with zero attached hydrogens (tertiary/aromatic N) is 4. The Kier molecular flexibility index (Phi) is 5.98. The number of hydrogen-bond acceptors (Lipinski definition) is 7. The molecule has 0 fully saturated rings. The van der Waals surface area contributed by atoms with Crippen molar-refractivity contribution in [3.05, 3.63) is 56.8 Å². The number of aryl methyl sites for hydroxylation is 3. The number of H-pyrrole nitrogens is 1. The van der Waals surface area contributed by atoms with E-state index in [1.54, 1.807) is 14.0 Å². The van der Waals surface area contributed by atoms with Gasteiger partial charge in [-0.15, -0.1) is 11.3 Å². The van der Waals surface area contributed by atoms with Crippen molar-refractivity contribution >= 4 is 45.0 Å². The zero-order chi connectivity index (χ0) is 23.8. The number of thioether (sulfide) groups is 1. The molecule has 1 unspecified atom stereocenters. The van der Waals surface area contributed by atoms with Gasteiger partial charge in [0.25, 0.3) is 5.56 Å². The van der Waals surface area contributed by atoms with Gasteiger partial charge < -0.3 is 10.3 Å². The SMILES string of the molecule is CC(Sc1nc2scc(-c3ccc4c(c3)CCCC4)c2c(=O)[nH]1)C(=O)Nc1c(C#N)cnn1C. The number of benzene rings is 1. The molecule has 0 aliphatic heterocycles. The fourth-order valence-corrected chi connectivity index (χ4v) is 6.01. The smallest absolute Gasteiger partial charge is 0.260 e. The topological polar surface area (TPSA) is 116 Å². The molecule has 4 aromatic rings. The first kappa shape index (κ1) is 22.4. The van der Waals surface area contributed by atoms with Crippen LogP contribution in [0.3, 0.4) is 0 Å². The van der Waals surface area contributed by atoms with Gasteiger partial charge in [0, 0.05) is 18.0 Å². The van der Waals surface area contributed by atoms with Crippen molar-refractivity contribution in [3.63, 3.8) is 0 Å². The number of fused-ring (bicyclic) bond motifs is 2. The summed E-state index contributed by atoms with van der Waals surface area (Å²) >= 11 is 2.59. The van der Waals surface area contributed by atoms with Crippen LogP contribution in [0.25, 0.3) is 21.3 Å². The van der Waals surface area contributed by atoms with Crippen LogP contribution in [0.5, 0.6) is 0 Å². The predicted octanol–water partition coefficient (Wildman–Crippen LogP) is 4.25. The van der Waals surface area contributed by atoms with E-state index in [0.717, 1.165) is 35.7 Å². The molecule has 1 amide bonds. The molecule has 8 nitrogen and oxygen atoms in total. The van der Waals surface area contributed by atoms with Gasteiger partial charge in [0.15, 0.2) is 5.16 Å². The van der Waals surface area contributed by atoms with Gasteiger partial charge in [0.05, 0.1) is 16.8 Å². The van der Waals surface area contributed by atoms with E-state index in [1.807, 2.05) is 11.4 Å². The Labute approximate surface area is 204 Å². The average Bonchev–Trinajstić information content (AvgIpc) is 3.42. The lowest BCUT2D eigenvalue weighted by Crippen LogP contribution is -2.25. The number of nitrogens with one attached hydrogen (secondary N) is 2. The minimum Gasteiger partial charge on any atom is -0.309 e. The lowest BCUT2D eigenvalue weighted by atomic mass is 9.89. The Morgan fingerprint density at radius 3 is 2.91 bits per heavy atom. The first-order chi connectivity index (χ1) is 16.4. The standard InChI is InChI=1S/C24H22N6O2S2/c1-13(21(31)27-20-17(10-25)11-26-30(20)2)34-24-28-22(32)19-18(12-33-23(19)29-24)16-8-7-14-5-3-4-6-15(14)9-16/h7-9,11-13H,3-6H2,1-2H3,(H,27,31)(H,28,29,32). The number of carbonyl (C=O) groups excluding carboxylic acids is 1. The van der Waals surface area contributed by atoms with E-state index in [1.165, 1.54) is 46.2 Å². The van der Waals surface area contributed by atoms with Gasteiger partial charge in [0.1, 0.15) is 22.3 Å². The molecule has 1 atom stereocenters. The fraction of sp³-hybridized carbons (Fsp3) is 0.292. The minimum absolute atomic E-state index is 0.215. The lowest BCUT2D eigenvalue weighted by molar-refractivity contribution is -0.115. The summed E-state index contributed by atoms with van der Waals surface area (Å²) in [5.74, 6) is 0.0265. The zero-order valence-electron chi connectivity index (χ0n) is 18.7. The summed E-state index contributed by atoms with van der Waals surface area (Å²) in [5, 5.41) is 18.3. The molecule has 1 aromatic carbocycles. The molecule has 0 spiro atoms. The fourth-order valence-electron chi connectivity index (χ4n) is 4.21. The molecule has 0 bridgehead atoms. The van der Waals surface area contributed by atoms with Crippen LogP contribution >= 0.6 is 23.1 Å². The minimum atomic E-state index is -0.554. The second kappa shape index (κ2) is 9.08. The highest BCUT2D eigenvalue weighted by atomic mass is 32.2. The molecule has 1 aliphatic rings. The highest BCUT2D eigenvalue weighted by Gasteiger charge is 2.21. The maximum atomic E-state index is 13.0. The van der Waals surface area contributed by atoms with Gasteiger partial charge >= 0.3 is 0 Å². The maximum absolute atomic E-state index is 13.0. The number of rotatable bonds is 5. The van der Waals surface area contributed by atoms with Gasteiger partial charge in [-0.3, -0.25) is 14.3 Å². The normalized spacial score (nSPS) is 13.9. The molecular weight excluding hydrogens is 468 g/mol. The van der Waals surface area contributed by atoms with Crippen LogP contribution in [0.15, 0.2) is 39.7 Å². The molecule has 172 valence electrons. The zero-order valence-corrected chi connectivity index (χ0v) is 20.3. The Bertz CT molecular complexity index is 1510. The summed E-state index contributed by atoms with van der Waals surface area (Å²) in [5.41, 5.74) is 4.77. The Morgan fingerprint density at radius 2 is 2.12 bits per heavy atom. The van der Waals surface area contributed by atoms with Crippen LogP contribution < -0.4 is 10.9 Å². The van der Waals surface area contributed by atoms with E-state index in [4.69, 9.17) is 0 Å². The molecule has 10 heteroatoms. The van der Waals surface area contributed by atoms with Crippen LogP contribution in [0.2, 0.25) is 0 Å². The monoisotopic (exact) mass is 490 g/mol. The lowest BCUT2D eigenvalue weighted by Gasteiger charge is -2.16. The Hall–Kier alpha value is -3.42. The van der Waals surface area contributed by atoms with Crippen LogP contribution in [0.4, 0.5) is 5.82 Å². The number of carbonyl (C=O) groups is 1. The summed E-state index contributed by atoms with van der Waals surface area (Å²) in [6.07, 6.45) is 6.03. The number of nitriles is 1. The second-order valence-electron chi connectivity index (χ2n) is 8.28. The quantitative estimate of drug-likeness (QED) is 0.319. The van der Waals surface area contributed by atoms with Crippen LogP contribution in [-0.2, 0) is 24.7 Å². The highest BCUT2D eigenvalue weighted by Crippen LogP contribution is 2.34. The van der Waals surface area contributed by atoms with E-state index in [9.17, 15) is 14.9 Å². The van der Waals surface area contributed by atoms with E-state index in [2.05, 4.69) is 38.6 Å². The Balaban J connectivity index is 1.39. The third-order valence-electron chi connectivity index (χ3n) is 6.04. The van der Waals surface area contributed by atoms with Gasteiger partial charge in [0.2, 0.25) is 5.91 Å². The molecule has 2 N–H and O–H groups in total. The van der Waals surface area contributed by atoms with Crippen molar-refractivity contribution in [1.29, 1.82) is 5.26 Å². The van der Waals surface area contributed by atoms with Crippen molar-refractivity contribution < 1.29 is 4.79 Å². The molecule has 0 saturated heterocycles. The summed E-state index contributed by atoms with van der Waals surface area (Å²) < 4.78 is 1.44. The van der Waals surface area contributed by atoms with Crippen molar-refractivity contribution in [3.8, 4) is 17.2 Å². The van der Waals surface area contributed by atoms with E-state index < -0.39 is 5.25 Å². The molecule has 1 aliphatic carbocycles. The van der Waals surface area contributed by atoms with Crippen molar-refractivity contribution in [2.24, 2.45) is 7.05 Å². The molecular formula is C24H22N6O2S2. The number of amides is 1. The van der Waals surface area contributed by atoms with Gasteiger partial charge in [-0.25, -0.2) is 4.98 Å². The molecule has 3 aromatic heterocycles. The molecule has 0 radical (unpaired) electrons. The first-order valence-corrected chi connectivity index (χ1v) is 12.7. The van der Waals surface area contributed by atoms with E-state index >= 15 is 0 Å². The van der Waals surface area contributed by atoms with E-state index in [0.29, 0.717) is 21.2 Å². The first-order valence-electron chi connectivity index (χ1n) is 11.0. The van der Waals surface area contributed by atoms with Crippen molar-refractivity contribution in [1.82, 2.24) is 19.7 Å². The van der Waals surface area contributed by atoms with Gasteiger partial charge in [-0.2, -0.15) is 10.4 Å². The molecule has 0 saturated carbocycles. The number of thiophene rings is 1. The molecule has 3 heterocycles. The average molecular weight is 491 g/mol. The number of aromatic amines is 1. The van der Waals surface area contributed by atoms with Crippen LogP contribution in [0.1, 0.15) is 36.5 Å². The van der Waals surface area contributed by atoms with Crippen LogP contribution in [0, 0.1) is 11.3 Å². The predicted molar refractivity (Wildman–Crippen MR) is 134 cm³/mol. The largest absolute Gasteiger partial charge is 0.309 e. The number of hydrogen-bond donors (Lipinski definition) is 2. The van der Waals surface area contributed by atoms with Crippen LogP contribution in [-0.4, -0.2) is 30.9 Å². The number of aromatic nitrogens is 4. The Morgan fingerprint density at radius 1 is 1.32 bits per heavy atom. The summed E-state index contributed by atoms with van der Waals surface area (Å²) in [6.45, 7) is 1.72. The molecule has 34 heavy (non-hydrogen) atoms. The summed E-state index contributed by atoms with van der Waals surface area (Å²) in [4.78, 5) is 33.8. The maximum Gasteiger partial charge on any atom is 0.260 e. The second-order valence-corrected chi connectivity index (χ2v) is 10.5. The van der Waals surface area contributed by atoms with E-state index in [-0.39, 0.29) is 17.0 Å². The third kappa shape index (κ3) is 4.13. The van der Waals surface area contributed by atoms with Gasteiger partial charge in [-0.1, -0.05) is 30.0 Å². The van der Waals surface area contributed by atoms with Gasteiger partial charge in [-0.05, 0) is 49.3 Å². The van der Waals surface area contributed by atoms with Crippen molar-refractivity contribution in [2.75, 3.05) is 5.32 Å². The third-order valence-corrected chi connectivity index (χ3v) is 7.90. The summed E-state index contributed by atoms with van der Waals surface area (Å²) in [6, 6.07) is 8.49. The van der Waals surface area contributed by atoms with Crippen molar-refractivity contribution in [2.45, 2.75) is 43.0 Å².